The van der Waals surface area contributed by atoms with Gasteiger partial charge in [-0.25, -0.2) is 0 Å². The van der Waals surface area contributed by atoms with E-state index in [0.29, 0.717) is 11.5 Å². The number of carbonyl (C=O) groups is 1. The monoisotopic (exact) mass is 139 g/mol. The zero-order valence-electron chi connectivity index (χ0n) is 6.31. The Balaban J connectivity index is 1.75. The molecule has 0 aromatic carbocycles. The van der Waals surface area contributed by atoms with E-state index < -0.39 is 0 Å². The van der Waals surface area contributed by atoms with Crippen molar-refractivity contribution in [2.24, 2.45) is 5.41 Å². The van der Waals surface area contributed by atoms with Gasteiger partial charge < -0.3 is 5.32 Å². The summed E-state index contributed by atoms with van der Waals surface area (Å²) in [4.78, 5) is 10.6. The fourth-order valence-electron chi connectivity index (χ4n) is 1.96. The van der Waals surface area contributed by atoms with Gasteiger partial charge in [0.15, 0.2) is 0 Å². The maximum Gasteiger partial charge on any atom is 0.217 e. The van der Waals surface area contributed by atoms with Crippen LogP contribution in [0.15, 0.2) is 0 Å². The molecule has 2 fully saturated rings. The van der Waals surface area contributed by atoms with Gasteiger partial charge in [-0.05, 0) is 31.1 Å². The number of amides is 1. The summed E-state index contributed by atoms with van der Waals surface area (Å²) in [7, 11) is 0. The molecule has 2 aliphatic carbocycles. The highest BCUT2D eigenvalue weighted by molar-refractivity contribution is 5.73. The third kappa shape index (κ3) is 0.917. The lowest BCUT2D eigenvalue weighted by atomic mass is 9.77. The minimum atomic E-state index is 0.125. The van der Waals surface area contributed by atoms with Gasteiger partial charge in [0.2, 0.25) is 5.91 Å². The Morgan fingerprint density at radius 1 is 1.50 bits per heavy atom. The average Bonchev–Trinajstić information content (AvgIpc) is 2.41. The lowest BCUT2D eigenvalue weighted by Crippen LogP contribution is -2.44. The molecule has 0 unspecified atom stereocenters. The summed E-state index contributed by atoms with van der Waals surface area (Å²) in [6, 6.07) is 0.514. The molecule has 56 valence electrons. The minimum absolute atomic E-state index is 0.125. The van der Waals surface area contributed by atoms with Crippen molar-refractivity contribution < 1.29 is 4.79 Å². The fraction of sp³-hybridized carbons (Fsp3) is 0.875. The molecule has 2 nitrogen and oxygen atoms in total. The number of carbonyl (C=O) groups excluding carboxylic acids is 1. The summed E-state index contributed by atoms with van der Waals surface area (Å²) in [5.74, 6) is 0.125. The summed E-state index contributed by atoms with van der Waals surface area (Å²) in [5, 5.41) is 2.94. The van der Waals surface area contributed by atoms with Crippen molar-refractivity contribution in [2.45, 2.75) is 38.6 Å². The van der Waals surface area contributed by atoms with Crippen molar-refractivity contribution in [1.29, 1.82) is 0 Å². The van der Waals surface area contributed by atoms with Crippen LogP contribution in [0.3, 0.4) is 0 Å². The van der Waals surface area contributed by atoms with Crippen molar-refractivity contribution in [3.63, 3.8) is 0 Å². The number of hydrogen-bond acceptors (Lipinski definition) is 1. The van der Waals surface area contributed by atoms with Gasteiger partial charge in [-0.2, -0.15) is 0 Å². The minimum Gasteiger partial charge on any atom is -0.354 e. The zero-order valence-corrected chi connectivity index (χ0v) is 6.31. The Morgan fingerprint density at radius 2 is 2.10 bits per heavy atom. The molecule has 2 rings (SSSR count). The Morgan fingerprint density at radius 3 is 2.50 bits per heavy atom. The predicted octanol–water partition coefficient (Wildman–Crippen LogP) is 1.07. The van der Waals surface area contributed by atoms with Crippen molar-refractivity contribution in [3.8, 4) is 0 Å². The quantitative estimate of drug-likeness (QED) is 0.578. The second-order valence-electron chi connectivity index (χ2n) is 3.81. The normalized spacial score (nSPS) is 27.7. The van der Waals surface area contributed by atoms with Gasteiger partial charge in [-0.15, -0.1) is 0 Å². The molecule has 2 heteroatoms. The van der Waals surface area contributed by atoms with Gasteiger partial charge in [-0.3, -0.25) is 4.79 Å². The van der Waals surface area contributed by atoms with Crippen LogP contribution in [0.2, 0.25) is 0 Å². The maximum atomic E-state index is 10.6. The summed E-state index contributed by atoms with van der Waals surface area (Å²) >= 11 is 0. The van der Waals surface area contributed by atoms with Crippen LogP contribution in [0.1, 0.15) is 32.6 Å². The van der Waals surface area contributed by atoms with Crippen LogP contribution in [0, 0.1) is 5.41 Å². The first-order valence-electron chi connectivity index (χ1n) is 3.97. The molecule has 2 saturated carbocycles. The van der Waals surface area contributed by atoms with Crippen LogP contribution in [0.5, 0.6) is 0 Å². The highest BCUT2D eigenvalue weighted by atomic mass is 16.1. The molecule has 0 atom stereocenters. The lowest BCUT2D eigenvalue weighted by molar-refractivity contribution is -0.120. The molecule has 0 saturated heterocycles. The molecule has 0 aliphatic heterocycles. The van der Waals surface area contributed by atoms with Gasteiger partial charge >= 0.3 is 0 Å². The van der Waals surface area contributed by atoms with Crippen LogP contribution in [-0.4, -0.2) is 11.9 Å². The van der Waals surface area contributed by atoms with Crippen LogP contribution in [0.4, 0.5) is 0 Å². The van der Waals surface area contributed by atoms with Crippen LogP contribution < -0.4 is 5.32 Å². The summed E-state index contributed by atoms with van der Waals surface area (Å²) < 4.78 is 0. The molecule has 0 aromatic rings. The molecule has 2 aliphatic rings. The average molecular weight is 139 g/mol. The molecular weight excluding hydrogens is 126 g/mol. The molecule has 0 bridgehead atoms. The van der Waals surface area contributed by atoms with E-state index in [1.807, 2.05) is 0 Å². The van der Waals surface area contributed by atoms with E-state index in [2.05, 4.69) is 5.32 Å². The van der Waals surface area contributed by atoms with E-state index in [4.69, 9.17) is 0 Å². The molecule has 10 heavy (non-hydrogen) atoms. The smallest absolute Gasteiger partial charge is 0.217 e. The topological polar surface area (TPSA) is 29.1 Å². The van der Waals surface area contributed by atoms with E-state index in [1.54, 1.807) is 6.92 Å². The van der Waals surface area contributed by atoms with Gasteiger partial charge in [0.25, 0.3) is 0 Å². The number of nitrogens with one attached hydrogen (secondary N) is 1. The molecular formula is C8H13NO. The molecule has 1 N–H and O–H groups in total. The Bertz CT molecular complexity index is 164. The van der Waals surface area contributed by atoms with Gasteiger partial charge in [-0.1, -0.05) is 0 Å². The van der Waals surface area contributed by atoms with Crippen molar-refractivity contribution in [1.82, 2.24) is 5.32 Å². The first kappa shape index (κ1) is 6.20. The van der Waals surface area contributed by atoms with Gasteiger partial charge in [0, 0.05) is 13.0 Å². The number of hydrogen-bond donors (Lipinski definition) is 1. The first-order valence-corrected chi connectivity index (χ1v) is 3.97. The maximum absolute atomic E-state index is 10.6. The van der Waals surface area contributed by atoms with E-state index in [0.717, 1.165) is 0 Å². The van der Waals surface area contributed by atoms with Crippen LogP contribution >= 0.6 is 0 Å². The lowest BCUT2D eigenvalue weighted by Gasteiger charge is -2.35. The Hall–Kier alpha value is -0.530. The van der Waals surface area contributed by atoms with E-state index in [9.17, 15) is 4.79 Å². The van der Waals surface area contributed by atoms with Crippen molar-refractivity contribution in [3.05, 3.63) is 0 Å². The second-order valence-corrected chi connectivity index (χ2v) is 3.81. The first-order chi connectivity index (χ1) is 4.70. The predicted molar refractivity (Wildman–Crippen MR) is 38.5 cm³/mol. The van der Waals surface area contributed by atoms with Crippen molar-refractivity contribution in [2.75, 3.05) is 0 Å². The number of rotatable bonds is 1. The second kappa shape index (κ2) is 1.74. The Labute approximate surface area is 61.0 Å². The fourth-order valence-corrected chi connectivity index (χ4v) is 1.96. The van der Waals surface area contributed by atoms with E-state index >= 15 is 0 Å². The zero-order chi connectivity index (χ0) is 7.19. The summed E-state index contributed by atoms with van der Waals surface area (Å²) in [6.45, 7) is 1.60. The third-order valence-corrected chi connectivity index (χ3v) is 2.72. The van der Waals surface area contributed by atoms with Gasteiger partial charge in [0.05, 0.1) is 0 Å². The standard InChI is InChI=1S/C8H13NO/c1-6(10)9-7-4-8(5-7)2-3-8/h7H,2-5H2,1H3,(H,9,10). The van der Waals surface area contributed by atoms with Gasteiger partial charge in [0.1, 0.15) is 0 Å². The molecule has 0 aromatic heterocycles. The molecule has 0 radical (unpaired) electrons. The largest absolute Gasteiger partial charge is 0.354 e. The van der Waals surface area contributed by atoms with Crippen LogP contribution in [-0.2, 0) is 4.79 Å². The highest BCUT2D eigenvalue weighted by Crippen LogP contribution is 2.60. The highest BCUT2D eigenvalue weighted by Gasteiger charge is 2.52. The molecule has 1 amide bonds. The summed E-state index contributed by atoms with van der Waals surface area (Å²) in [5.41, 5.74) is 0.715. The van der Waals surface area contributed by atoms with Crippen LogP contribution in [0.25, 0.3) is 0 Å². The van der Waals surface area contributed by atoms with E-state index in [-0.39, 0.29) is 5.91 Å². The van der Waals surface area contributed by atoms with E-state index in [1.165, 1.54) is 25.7 Å². The molecule has 1 spiro atoms. The third-order valence-electron chi connectivity index (χ3n) is 2.72. The summed E-state index contributed by atoms with van der Waals surface area (Å²) in [6.07, 6.45) is 5.30. The Kier molecular flexibility index (Phi) is 1.08. The SMILES string of the molecule is CC(=O)NC1CC2(CC2)C1. The van der Waals surface area contributed by atoms with Crippen molar-refractivity contribution >= 4 is 5.91 Å². The molecule has 0 heterocycles.